The molecule has 1 N–H and O–H groups in total. The molecule has 0 aromatic carbocycles. The van der Waals surface area contributed by atoms with Crippen LogP contribution in [0.15, 0.2) is 18.3 Å². The van der Waals surface area contributed by atoms with Gasteiger partial charge in [-0.05, 0) is 18.5 Å². The average Bonchev–Trinajstić information content (AvgIpc) is 2.14. The van der Waals surface area contributed by atoms with E-state index in [0.717, 1.165) is 6.07 Å². The van der Waals surface area contributed by atoms with Gasteiger partial charge in [-0.25, -0.2) is 0 Å². The third kappa shape index (κ3) is 5.44. The van der Waals surface area contributed by atoms with Gasteiger partial charge in [-0.3, -0.25) is 9.78 Å². The van der Waals surface area contributed by atoms with Crippen LogP contribution < -0.4 is 56.7 Å². The van der Waals surface area contributed by atoms with E-state index in [2.05, 4.69) is 10.3 Å². The van der Waals surface area contributed by atoms with Crippen LogP contribution in [0, 0.1) is 0 Å². The minimum absolute atomic E-state index is 0. The molecule has 0 bridgehead atoms. The molecule has 0 aliphatic carbocycles. The number of rotatable bonds is 3. The number of amides is 1. The largest absolute Gasteiger partial charge is 1.00 e. The van der Waals surface area contributed by atoms with Crippen molar-refractivity contribution in [2.75, 3.05) is 7.05 Å². The molecule has 3 nitrogen and oxygen atoms in total. The van der Waals surface area contributed by atoms with Crippen molar-refractivity contribution in [3.63, 3.8) is 0 Å². The fraction of sp³-hybridized carbons (Fsp3) is 0.250. The van der Waals surface area contributed by atoms with Gasteiger partial charge in [0.1, 0.15) is 0 Å². The second kappa shape index (κ2) is 6.75. The Morgan fingerprint density at radius 3 is 2.62 bits per heavy atom. The second-order valence-corrected chi connectivity index (χ2v) is 3.03. The first kappa shape index (κ1) is 16.1. The summed E-state index contributed by atoms with van der Waals surface area (Å²) in [5.74, 6) is -0.423. The maximum Gasteiger partial charge on any atom is 1.00 e. The van der Waals surface area contributed by atoms with E-state index >= 15 is 0 Å². The van der Waals surface area contributed by atoms with Gasteiger partial charge in [-0.2, -0.15) is 0 Å². The normalized spacial score (nSPS) is 10.5. The molecule has 0 unspecified atom stereocenters. The van der Waals surface area contributed by atoms with Crippen LogP contribution in [0.3, 0.4) is 0 Å². The molecule has 1 amide bonds. The Labute approximate surface area is 134 Å². The summed E-state index contributed by atoms with van der Waals surface area (Å²) in [7, 11) is 1.41. The van der Waals surface area contributed by atoms with Crippen molar-refractivity contribution in [1.82, 2.24) is 10.3 Å². The van der Waals surface area contributed by atoms with Crippen molar-refractivity contribution in [2.24, 2.45) is 0 Å². The predicted molar refractivity (Wildman–Crippen MR) is 50.4 cm³/mol. The van der Waals surface area contributed by atoms with Crippen LogP contribution in [0.2, 0.25) is 0 Å². The molecule has 1 aromatic heterocycles. The molecule has 82 valence electrons. The van der Waals surface area contributed by atoms with Crippen molar-refractivity contribution in [2.45, 2.75) is 6.32 Å². The summed E-state index contributed by atoms with van der Waals surface area (Å²) in [5.41, 5.74) is 0.0474. The zero-order chi connectivity index (χ0) is 11.5. The summed E-state index contributed by atoms with van der Waals surface area (Å²) in [6, 6.07) is 2.51. The van der Waals surface area contributed by atoms with Crippen molar-refractivity contribution < 1.29 is 69.1 Å². The minimum atomic E-state index is -4.92. The molecule has 1 rings (SSSR count). The third-order valence-electron chi connectivity index (χ3n) is 1.75. The SMILES string of the molecule is CNC(=O)c1ccnc(C[B-](F)(F)F)c1.[K+]. The quantitative estimate of drug-likeness (QED) is 0.660. The molecule has 16 heavy (non-hydrogen) atoms. The number of pyridine rings is 1. The number of carbonyl (C=O) groups excluding carboxylic acids is 1. The standard InChI is InChI=1S/C8H9BF3N2O.K/c1-13-8(15)6-2-3-14-7(4-6)5-9(10,11)12;/h2-4H,5H2,1H3,(H,13,15);/q-1;+1. The summed E-state index contributed by atoms with van der Waals surface area (Å²) in [5, 5.41) is 2.33. The molecule has 1 heterocycles. The van der Waals surface area contributed by atoms with Gasteiger partial charge in [0.2, 0.25) is 0 Å². The Kier molecular flexibility index (Phi) is 6.80. The molecule has 0 atom stereocenters. The fourth-order valence-corrected chi connectivity index (χ4v) is 1.11. The van der Waals surface area contributed by atoms with E-state index in [1.54, 1.807) is 0 Å². The van der Waals surface area contributed by atoms with E-state index in [9.17, 15) is 17.7 Å². The molecular formula is C8H9BF3KN2O. The van der Waals surface area contributed by atoms with Crippen LogP contribution in [-0.2, 0) is 6.32 Å². The Hall–Kier alpha value is 0.111. The number of carbonyl (C=O) groups is 1. The van der Waals surface area contributed by atoms with Crippen molar-refractivity contribution in [3.05, 3.63) is 29.6 Å². The van der Waals surface area contributed by atoms with Crippen molar-refractivity contribution >= 4 is 12.9 Å². The van der Waals surface area contributed by atoms with Crippen LogP contribution in [0.5, 0.6) is 0 Å². The van der Waals surface area contributed by atoms with E-state index in [1.807, 2.05) is 0 Å². The van der Waals surface area contributed by atoms with E-state index in [4.69, 9.17) is 0 Å². The molecule has 0 fully saturated rings. The van der Waals surface area contributed by atoms with Crippen LogP contribution in [0.1, 0.15) is 16.1 Å². The van der Waals surface area contributed by atoms with Crippen LogP contribution in [0.25, 0.3) is 0 Å². The number of nitrogens with one attached hydrogen (secondary N) is 1. The molecule has 8 heteroatoms. The summed E-state index contributed by atoms with van der Waals surface area (Å²) < 4.78 is 36.2. The molecule has 0 saturated carbocycles. The fourth-order valence-electron chi connectivity index (χ4n) is 1.11. The molecule has 0 radical (unpaired) electrons. The van der Waals surface area contributed by atoms with Crippen LogP contribution >= 0.6 is 0 Å². The number of aromatic nitrogens is 1. The Bertz CT molecular complexity index is 373. The Morgan fingerprint density at radius 1 is 1.50 bits per heavy atom. The topological polar surface area (TPSA) is 42.0 Å². The average molecular weight is 256 g/mol. The first-order chi connectivity index (χ1) is 6.92. The van der Waals surface area contributed by atoms with Gasteiger partial charge < -0.3 is 18.3 Å². The van der Waals surface area contributed by atoms with Gasteiger partial charge in [0, 0.05) is 24.5 Å². The number of nitrogens with zero attached hydrogens (tertiary/aromatic N) is 1. The summed E-state index contributed by atoms with van der Waals surface area (Å²) in [4.78, 5) is 14.7. The van der Waals surface area contributed by atoms with Gasteiger partial charge in [-0.1, -0.05) is 0 Å². The summed E-state index contributed by atoms with van der Waals surface area (Å²) >= 11 is 0. The molecular weight excluding hydrogens is 247 g/mol. The van der Waals surface area contributed by atoms with Gasteiger partial charge in [0.25, 0.3) is 5.91 Å². The third-order valence-corrected chi connectivity index (χ3v) is 1.75. The maximum atomic E-state index is 12.1. The first-order valence-corrected chi connectivity index (χ1v) is 4.30. The zero-order valence-electron chi connectivity index (χ0n) is 9.01. The molecule has 0 aliphatic rings. The minimum Gasteiger partial charge on any atom is -0.449 e. The first-order valence-electron chi connectivity index (χ1n) is 4.30. The second-order valence-electron chi connectivity index (χ2n) is 3.03. The van der Waals surface area contributed by atoms with Crippen LogP contribution in [0.4, 0.5) is 12.9 Å². The van der Waals surface area contributed by atoms with E-state index in [1.165, 1.54) is 19.3 Å². The molecule has 0 saturated heterocycles. The number of hydrogen-bond acceptors (Lipinski definition) is 2. The molecule has 0 spiro atoms. The number of hydrogen-bond donors (Lipinski definition) is 1. The monoisotopic (exact) mass is 256 g/mol. The van der Waals surface area contributed by atoms with Crippen LogP contribution in [-0.4, -0.2) is 24.9 Å². The van der Waals surface area contributed by atoms with Gasteiger partial charge in [-0.15, -0.1) is 0 Å². The van der Waals surface area contributed by atoms with E-state index < -0.39 is 19.2 Å². The van der Waals surface area contributed by atoms with Crippen molar-refractivity contribution in [1.29, 1.82) is 0 Å². The Balaban J connectivity index is 0.00000225. The van der Waals surface area contributed by atoms with Gasteiger partial charge in [0.15, 0.2) is 0 Å². The smallest absolute Gasteiger partial charge is 0.449 e. The summed E-state index contributed by atoms with van der Waals surface area (Å²) in [6.45, 7) is -4.92. The predicted octanol–water partition coefficient (Wildman–Crippen LogP) is -1.63. The van der Waals surface area contributed by atoms with E-state index in [0.29, 0.717) is 0 Å². The number of halogens is 3. The van der Waals surface area contributed by atoms with Gasteiger partial charge >= 0.3 is 58.4 Å². The summed E-state index contributed by atoms with van der Waals surface area (Å²) in [6.07, 6.45) is 0.132. The van der Waals surface area contributed by atoms with Crippen molar-refractivity contribution in [3.8, 4) is 0 Å². The van der Waals surface area contributed by atoms with E-state index in [-0.39, 0.29) is 62.6 Å². The Morgan fingerprint density at radius 2 is 2.12 bits per heavy atom. The maximum absolute atomic E-state index is 12.1. The zero-order valence-corrected chi connectivity index (χ0v) is 12.1. The van der Waals surface area contributed by atoms with Gasteiger partial charge in [0.05, 0.1) is 0 Å². The molecule has 1 aromatic rings. The molecule has 0 aliphatic heterocycles.